The number of aliphatic carboxylic acids is 1. The van der Waals surface area contributed by atoms with Crippen molar-refractivity contribution < 1.29 is 9.90 Å². The summed E-state index contributed by atoms with van der Waals surface area (Å²) in [4.78, 5) is 11.2. The van der Waals surface area contributed by atoms with Crippen LogP contribution in [-0.4, -0.2) is 11.1 Å². The lowest BCUT2D eigenvalue weighted by molar-refractivity contribution is -0.139. The Hall–Kier alpha value is -1.31. The Morgan fingerprint density at radius 3 is 2.19 bits per heavy atom. The molecule has 0 bridgehead atoms. The van der Waals surface area contributed by atoms with Crippen molar-refractivity contribution in [2.24, 2.45) is 5.92 Å². The Balaban J connectivity index is 2.90. The van der Waals surface area contributed by atoms with Crippen LogP contribution >= 0.6 is 0 Å². The van der Waals surface area contributed by atoms with Gasteiger partial charge in [-0.15, -0.1) is 0 Å². The van der Waals surface area contributed by atoms with Gasteiger partial charge in [0.1, 0.15) is 0 Å². The van der Waals surface area contributed by atoms with Crippen molar-refractivity contribution in [2.75, 3.05) is 0 Å². The summed E-state index contributed by atoms with van der Waals surface area (Å²) in [7, 11) is 0. The molecule has 0 aliphatic carbocycles. The summed E-state index contributed by atoms with van der Waals surface area (Å²) >= 11 is 0. The molecular formula is C14H20O2. The van der Waals surface area contributed by atoms with E-state index in [2.05, 4.69) is 6.92 Å². The third-order valence-electron chi connectivity index (χ3n) is 2.81. The first-order valence-corrected chi connectivity index (χ1v) is 5.88. The summed E-state index contributed by atoms with van der Waals surface area (Å²) in [5.41, 5.74) is 2.18. The summed E-state index contributed by atoms with van der Waals surface area (Å²) in [6, 6.07) is 7.97. The minimum atomic E-state index is -0.738. The van der Waals surface area contributed by atoms with E-state index in [1.165, 1.54) is 5.56 Å². The maximum atomic E-state index is 11.2. The highest BCUT2D eigenvalue weighted by atomic mass is 16.4. The molecule has 2 heteroatoms. The van der Waals surface area contributed by atoms with E-state index in [9.17, 15) is 4.79 Å². The number of carboxylic acids is 1. The van der Waals surface area contributed by atoms with E-state index < -0.39 is 11.9 Å². The molecule has 1 atom stereocenters. The highest BCUT2D eigenvalue weighted by Crippen LogP contribution is 2.25. The lowest BCUT2D eigenvalue weighted by atomic mass is 9.88. The van der Waals surface area contributed by atoms with E-state index in [4.69, 9.17) is 5.11 Å². The molecule has 0 saturated heterocycles. The van der Waals surface area contributed by atoms with Crippen LogP contribution in [0.3, 0.4) is 0 Å². The molecule has 0 radical (unpaired) electrons. The molecule has 2 nitrogen and oxygen atoms in total. The second kappa shape index (κ2) is 5.69. The molecule has 16 heavy (non-hydrogen) atoms. The molecule has 0 amide bonds. The van der Waals surface area contributed by atoms with Gasteiger partial charge >= 0.3 is 5.97 Å². The highest BCUT2D eigenvalue weighted by molar-refractivity contribution is 5.76. The summed E-state index contributed by atoms with van der Waals surface area (Å²) in [5.74, 6) is -1.01. The van der Waals surface area contributed by atoms with E-state index in [0.717, 1.165) is 18.4 Å². The van der Waals surface area contributed by atoms with Gasteiger partial charge in [0, 0.05) is 0 Å². The van der Waals surface area contributed by atoms with E-state index in [-0.39, 0.29) is 5.92 Å². The fourth-order valence-corrected chi connectivity index (χ4v) is 1.99. The average Bonchev–Trinajstić information content (AvgIpc) is 2.20. The van der Waals surface area contributed by atoms with Gasteiger partial charge in [0.25, 0.3) is 0 Å². The molecule has 1 N–H and O–H groups in total. The number of carbonyl (C=O) groups is 1. The van der Waals surface area contributed by atoms with Crippen molar-refractivity contribution in [2.45, 2.75) is 39.5 Å². The minimum absolute atomic E-state index is 0.120. The normalized spacial score (nSPS) is 12.8. The fourth-order valence-electron chi connectivity index (χ4n) is 1.99. The first-order chi connectivity index (χ1) is 7.56. The van der Waals surface area contributed by atoms with Crippen molar-refractivity contribution in [3.05, 3.63) is 35.4 Å². The first kappa shape index (κ1) is 12.8. The Bertz CT molecular complexity index is 338. The monoisotopic (exact) mass is 220 g/mol. The van der Waals surface area contributed by atoms with Crippen molar-refractivity contribution in [1.82, 2.24) is 0 Å². The molecule has 1 unspecified atom stereocenters. The molecule has 1 aromatic rings. The molecule has 88 valence electrons. The fraction of sp³-hybridized carbons (Fsp3) is 0.500. The predicted octanol–water partition coefficient (Wildman–Crippen LogP) is 3.46. The molecule has 0 fully saturated rings. The Morgan fingerprint density at radius 1 is 1.25 bits per heavy atom. The summed E-state index contributed by atoms with van der Waals surface area (Å²) in [5, 5.41) is 9.17. The molecule has 0 spiro atoms. The van der Waals surface area contributed by atoms with E-state index in [1.54, 1.807) is 0 Å². The standard InChI is InChI=1S/C14H20O2/c1-4-5-11-6-8-12(9-7-11)13(10(2)3)14(15)16/h6-10,13H,4-5H2,1-3H3,(H,15,16). The third-order valence-corrected chi connectivity index (χ3v) is 2.81. The quantitative estimate of drug-likeness (QED) is 0.825. The van der Waals surface area contributed by atoms with Gasteiger partial charge in [0.05, 0.1) is 5.92 Å². The van der Waals surface area contributed by atoms with Crippen molar-refractivity contribution in [3.63, 3.8) is 0 Å². The zero-order chi connectivity index (χ0) is 12.1. The van der Waals surface area contributed by atoms with E-state index >= 15 is 0 Å². The third kappa shape index (κ3) is 3.09. The number of carboxylic acid groups (broad SMARTS) is 1. The van der Waals surface area contributed by atoms with Gasteiger partial charge in [-0.3, -0.25) is 4.79 Å². The van der Waals surface area contributed by atoms with Crippen LogP contribution < -0.4 is 0 Å². The zero-order valence-corrected chi connectivity index (χ0v) is 10.2. The number of aryl methyl sites for hydroxylation is 1. The van der Waals surface area contributed by atoms with Crippen LogP contribution in [-0.2, 0) is 11.2 Å². The number of rotatable bonds is 5. The van der Waals surface area contributed by atoms with Gasteiger partial charge in [-0.25, -0.2) is 0 Å². The van der Waals surface area contributed by atoms with Crippen LogP contribution in [0.4, 0.5) is 0 Å². The number of hydrogen-bond acceptors (Lipinski definition) is 1. The van der Waals surface area contributed by atoms with Crippen LogP contribution in [0.25, 0.3) is 0 Å². The van der Waals surface area contributed by atoms with Crippen molar-refractivity contribution in [3.8, 4) is 0 Å². The Labute approximate surface area is 97.3 Å². The van der Waals surface area contributed by atoms with Crippen LogP contribution in [0.1, 0.15) is 44.2 Å². The lowest BCUT2D eigenvalue weighted by Crippen LogP contribution is -2.17. The van der Waals surface area contributed by atoms with Gasteiger partial charge in [0.15, 0.2) is 0 Å². The number of hydrogen-bond donors (Lipinski definition) is 1. The first-order valence-electron chi connectivity index (χ1n) is 5.88. The smallest absolute Gasteiger partial charge is 0.311 e. The molecule has 0 heterocycles. The van der Waals surface area contributed by atoms with Crippen LogP contribution in [0.5, 0.6) is 0 Å². The molecule has 0 aromatic heterocycles. The van der Waals surface area contributed by atoms with Crippen LogP contribution in [0, 0.1) is 5.92 Å². The van der Waals surface area contributed by atoms with Crippen LogP contribution in [0.2, 0.25) is 0 Å². The number of benzene rings is 1. The molecule has 1 aromatic carbocycles. The molecular weight excluding hydrogens is 200 g/mol. The zero-order valence-electron chi connectivity index (χ0n) is 10.2. The summed E-state index contributed by atoms with van der Waals surface area (Å²) < 4.78 is 0. The van der Waals surface area contributed by atoms with Crippen molar-refractivity contribution >= 4 is 5.97 Å². The highest BCUT2D eigenvalue weighted by Gasteiger charge is 2.23. The van der Waals surface area contributed by atoms with Gasteiger partial charge in [-0.2, -0.15) is 0 Å². The molecule has 0 saturated carbocycles. The topological polar surface area (TPSA) is 37.3 Å². The maximum Gasteiger partial charge on any atom is 0.311 e. The second-order valence-electron chi connectivity index (χ2n) is 4.55. The van der Waals surface area contributed by atoms with Gasteiger partial charge in [0.2, 0.25) is 0 Å². The van der Waals surface area contributed by atoms with E-state index in [0.29, 0.717) is 0 Å². The summed E-state index contributed by atoms with van der Waals surface area (Å²) in [6.07, 6.45) is 2.17. The predicted molar refractivity (Wildman–Crippen MR) is 65.7 cm³/mol. The Morgan fingerprint density at radius 2 is 1.81 bits per heavy atom. The minimum Gasteiger partial charge on any atom is -0.481 e. The van der Waals surface area contributed by atoms with Crippen molar-refractivity contribution in [1.29, 1.82) is 0 Å². The van der Waals surface area contributed by atoms with Crippen LogP contribution in [0.15, 0.2) is 24.3 Å². The molecule has 0 aliphatic rings. The van der Waals surface area contributed by atoms with Gasteiger partial charge in [-0.1, -0.05) is 51.5 Å². The van der Waals surface area contributed by atoms with Gasteiger partial charge < -0.3 is 5.11 Å². The van der Waals surface area contributed by atoms with Gasteiger partial charge in [-0.05, 0) is 23.5 Å². The molecule has 0 aliphatic heterocycles. The molecule has 1 rings (SSSR count). The average molecular weight is 220 g/mol. The largest absolute Gasteiger partial charge is 0.481 e. The maximum absolute atomic E-state index is 11.2. The van der Waals surface area contributed by atoms with E-state index in [1.807, 2.05) is 38.1 Å². The Kier molecular flexibility index (Phi) is 4.53. The summed E-state index contributed by atoms with van der Waals surface area (Å²) in [6.45, 7) is 6.03. The SMILES string of the molecule is CCCc1ccc(C(C(=O)O)C(C)C)cc1. The second-order valence-corrected chi connectivity index (χ2v) is 4.55. The lowest BCUT2D eigenvalue weighted by Gasteiger charge is -2.16.